The van der Waals surface area contributed by atoms with Gasteiger partial charge in [-0.1, -0.05) is 43.1 Å². The summed E-state index contributed by atoms with van der Waals surface area (Å²) in [5, 5.41) is 4.37. The van der Waals surface area contributed by atoms with E-state index in [0.29, 0.717) is 21.8 Å². The monoisotopic (exact) mass is 387 g/mol. The van der Waals surface area contributed by atoms with Crippen molar-refractivity contribution in [3.8, 4) is 11.5 Å². The van der Waals surface area contributed by atoms with Gasteiger partial charge in [0.05, 0.1) is 14.5 Å². The quantitative estimate of drug-likeness (QED) is 0.673. The summed E-state index contributed by atoms with van der Waals surface area (Å²) in [5.74, 6) is 1.39. The van der Waals surface area contributed by atoms with Crippen molar-refractivity contribution in [1.82, 2.24) is 5.32 Å². The maximum Gasteiger partial charge on any atom is 0.141 e. The van der Waals surface area contributed by atoms with Crippen molar-refractivity contribution < 1.29 is 4.74 Å². The van der Waals surface area contributed by atoms with E-state index in [1.165, 1.54) is 5.56 Å². The van der Waals surface area contributed by atoms with Crippen molar-refractivity contribution in [3.05, 3.63) is 56.5 Å². The Bertz CT molecular complexity index is 632. The Kier molecular flexibility index (Phi) is 5.94. The highest BCUT2D eigenvalue weighted by molar-refractivity contribution is 9.10. The average molecular weight is 389 g/mol. The van der Waals surface area contributed by atoms with Crippen LogP contribution in [-0.4, -0.2) is 6.04 Å². The zero-order valence-corrected chi connectivity index (χ0v) is 14.9. The summed E-state index contributed by atoms with van der Waals surface area (Å²) >= 11 is 15.4. The van der Waals surface area contributed by atoms with Crippen LogP contribution in [0.5, 0.6) is 11.5 Å². The minimum Gasteiger partial charge on any atom is -0.456 e. The third-order valence-electron chi connectivity index (χ3n) is 2.83. The highest BCUT2D eigenvalue weighted by Crippen LogP contribution is 2.33. The van der Waals surface area contributed by atoms with E-state index in [1.54, 1.807) is 18.2 Å². The lowest BCUT2D eigenvalue weighted by molar-refractivity contribution is 0.479. The third kappa shape index (κ3) is 4.89. The highest BCUT2D eigenvalue weighted by atomic mass is 79.9. The molecule has 0 saturated carbocycles. The van der Waals surface area contributed by atoms with Gasteiger partial charge in [0.2, 0.25) is 0 Å². The van der Waals surface area contributed by atoms with E-state index >= 15 is 0 Å². The number of halogens is 3. The molecule has 0 aliphatic carbocycles. The fourth-order valence-electron chi connectivity index (χ4n) is 1.73. The summed E-state index contributed by atoms with van der Waals surface area (Å²) in [6, 6.07) is 11.7. The molecule has 0 aromatic heterocycles. The lowest BCUT2D eigenvalue weighted by Gasteiger charge is -2.12. The second-order valence-corrected chi connectivity index (χ2v) is 6.65. The van der Waals surface area contributed by atoms with E-state index in [-0.39, 0.29) is 0 Å². The molecule has 2 nitrogen and oxygen atoms in total. The Balaban J connectivity index is 2.11. The smallest absolute Gasteiger partial charge is 0.141 e. The van der Waals surface area contributed by atoms with Crippen LogP contribution in [0.1, 0.15) is 19.4 Å². The zero-order chi connectivity index (χ0) is 15.4. The molecule has 1 N–H and O–H groups in total. The van der Waals surface area contributed by atoms with E-state index in [2.05, 4.69) is 35.1 Å². The molecule has 5 heteroatoms. The third-order valence-corrected chi connectivity index (χ3v) is 4.19. The topological polar surface area (TPSA) is 21.3 Å². The highest BCUT2D eigenvalue weighted by Gasteiger charge is 2.06. The Morgan fingerprint density at radius 2 is 1.86 bits per heavy atom. The maximum absolute atomic E-state index is 5.98. The van der Waals surface area contributed by atoms with Crippen LogP contribution in [0.4, 0.5) is 0 Å². The number of rotatable bonds is 5. The lowest BCUT2D eigenvalue weighted by atomic mass is 10.2. The van der Waals surface area contributed by atoms with Crippen LogP contribution in [-0.2, 0) is 6.54 Å². The first-order valence-corrected chi connectivity index (χ1v) is 8.15. The normalized spacial score (nSPS) is 11.0. The molecule has 0 unspecified atom stereocenters. The molecule has 0 aliphatic rings. The van der Waals surface area contributed by atoms with Gasteiger partial charge in [-0.2, -0.15) is 0 Å². The van der Waals surface area contributed by atoms with Gasteiger partial charge in [0.25, 0.3) is 0 Å². The van der Waals surface area contributed by atoms with Crippen LogP contribution >= 0.6 is 39.1 Å². The van der Waals surface area contributed by atoms with Crippen LogP contribution in [0.15, 0.2) is 40.9 Å². The first-order chi connectivity index (χ1) is 9.95. The minimum atomic E-state index is 0.455. The molecule has 0 saturated heterocycles. The summed E-state index contributed by atoms with van der Waals surface area (Å²) in [7, 11) is 0. The SMILES string of the molecule is CC(C)NCc1ccc(Oc2ccc(Cl)c(Cl)c2)c(Br)c1. The molecule has 2 aromatic rings. The molecule has 0 spiro atoms. The fourth-order valence-corrected chi connectivity index (χ4v) is 2.52. The number of benzene rings is 2. The summed E-state index contributed by atoms with van der Waals surface area (Å²) in [4.78, 5) is 0. The Morgan fingerprint density at radius 3 is 2.48 bits per heavy atom. The van der Waals surface area contributed by atoms with Gasteiger partial charge < -0.3 is 10.1 Å². The van der Waals surface area contributed by atoms with Crippen molar-refractivity contribution in [2.75, 3.05) is 0 Å². The molecule has 21 heavy (non-hydrogen) atoms. The summed E-state index contributed by atoms with van der Waals surface area (Å²) in [6.07, 6.45) is 0. The van der Waals surface area contributed by atoms with Gasteiger partial charge in [0.15, 0.2) is 0 Å². The standard InChI is InChI=1S/C16H16BrCl2NO/c1-10(2)20-9-11-3-6-16(13(17)7-11)21-12-4-5-14(18)15(19)8-12/h3-8,10,20H,9H2,1-2H3. The Morgan fingerprint density at radius 1 is 1.10 bits per heavy atom. The molecule has 0 atom stereocenters. The predicted octanol–water partition coefficient (Wildman–Crippen LogP) is 6.05. The van der Waals surface area contributed by atoms with Crippen LogP contribution in [0.3, 0.4) is 0 Å². The van der Waals surface area contributed by atoms with Crippen LogP contribution < -0.4 is 10.1 Å². The second-order valence-electron chi connectivity index (χ2n) is 4.98. The minimum absolute atomic E-state index is 0.455. The summed E-state index contributed by atoms with van der Waals surface area (Å²) in [6.45, 7) is 5.07. The van der Waals surface area contributed by atoms with Gasteiger partial charge in [-0.25, -0.2) is 0 Å². The molecule has 2 aromatic carbocycles. The average Bonchev–Trinajstić information content (AvgIpc) is 2.43. The number of hydrogen-bond acceptors (Lipinski definition) is 2. The summed E-state index contributed by atoms with van der Waals surface area (Å²) < 4.78 is 6.71. The first-order valence-electron chi connectivity index (χ1n) is 6.60. The van der Waals surface area contributed by atoms with Crippen molar-refractivity contribution in [2.24, 2.45) is 0 Å². The predicted molar refractivity (Wildman–Crippen MR) is 92.7 cm³/mol. The van der Waals surface area contributed by atoms with Gasteiger partial charge in [0, 0.05) is 18.7 Å². The zero-order valence-electron chi connectivity index (χ0n) is 11.8. The van der Waals surface area contributed by atoms with Crippen LogP contribution in [0.25, 0.3) is 0 Å². The molecule has 0 fully saturated rings. The van der Waals surface area contributed by atoms with E-state index in [9.17, 15) is 0 Å². The van der Waals surface area contributed by atoms with E-state index in [4.69, 9.17) is 27.9 Å². The van der Waals surface area contributed by atoms with Gasteiger partial charge in [0.1, 0.15) is 11.5 Å². The second kappa shape index (κ2) is 7.50. The van der Waals surface area contributed by atoms with E-state index in [1.807, 2.05) is 18.2 Å². The van der Waals surface area contributed by atoms with Crippen LogP contribution in [0, 0.1) is 0 Å². The Hall–Kier alpha value is -0.740. The van der Waals surface area contributed by atoms with Crippen molar-refractivity contribution in [1.29, 1.82) is 0 Å². The molecule has 112 valence electrons. The van der Waals surface area contributed by atoms with Crippen molar-refractivity contribution in [3.63, 3.8) is 0 Å². The molecular formula is C16H16BrCl2NO. The van der Waals surface area contributed by atoms with Crippen molar-refractivity contribution in [2.45, 2.75) is 26.4 Å². The molecule has 0 aliphatic heterocycles. The number of hydrogen-bond donors (Lipinski definition) is 1. The van der Waals surface area contributed by atoms with E-state index in [0.717, 1.165) is 16.8 Å². The van der Waals surface area contributed by atoms with Crippen LogP contribution in [0.2, 0.25) is 10.0 Å². The largest absolute Gasteiger partial charge is 0.456 e. The Labute approximate surface area is 143 Å². The molecular weight excluding hydrogens is 373 g/mol. The van der Waals surface area contributed by atoms with Gasteiger partial charge in [-0.05, 0) is 45.8 Å². The number of nitrogens with one attached hydrogen (secondary N) is 1. The molecule has 0 amide bonds. The first kappa shape index (κ1) is 16.6. The maximum atomic E-state index is 5.98. The molecule has 0 radical (unpaired) electrons. The molecule has 2 rings (SSSR count). The molecule has 0 heterocycles. The van der Waals surface area contributed by atoms with Gasteiger partial charge in [-0.15, -0.1) is 0 Å². The fraction of sp³-hybridized carbons (Fsp3) is 0.250. The number of ether oxygens (including phenoxy) is 1. The summed E-state index contributed by atoms with van der Waals surface area (Å²) in [5.41, 5.74) is 1.19. The van der Waals surface area contributed by atoms with E-state index < -0.39 is 0 Å². The van der Waals surface area contributed by atoms with Gasteiger partial charge >= 0.3 is 0 Å². The van der Waals surface area contributed by atoms with Gasteiger partial charge in [-0.3, -0.25) is 0 Å². The van der Waals surface area contributed by atoms with Crippen molar-refractivity contribution >= 4 is 39.1 Å². The molecule has 0 bridgehead atoms. The lowest BCUT2D eigenvalue weighted by Crippen LogP contribution is -2.21.